The second-order valence-corrected chi connectivity index (χ2v) is 4.83. The van der Waals surface area contributed by atoms with Crippen molar-refractivity contribution < 1.29 is 9.90 Å². The van der Waals surface area contributed by atoms with E-state index in [0.717, 1.165) is 24.9 Å². The quantitative estimate of drug-likeness (QED) is 0.782. The van der Waals surface area contributed by atoms with Crippen LogP contribution >= 0.6 is 0 Å². The Balaban J connectivity index is 2.03. The van der Waals surface area contributed by atoms with Gasteiger partial charge in [0, 0.05) is 11.7 Å². The maximum absolute atomic E-state index is 11.2. The van der Waals surface area contributed by atoms with Crippen LogP contribution in [0.1, 0.15) is 24.0 Å². The molecule has 3 rings (SSSR count). The molecule has 2 heterocycles. The predicted octanol–water partition coefficient (Wildman–Crippen LogP) is 1.97. The normalized spacial score (nSPS) is 26.7. The van der Waals surface area contributed by atoms with Crippen LogP contribution in [0, 0.1) is 6.92 Å². The van der Waals surface area contributed by atoms with Gasteiger partial charge in [0.2, 0.25) is 0 Å². The van der Waals surface area contributed by atoms with Crippen LogP contribution in [-0.4, -0.2) is 23.2 Å². The summed E-state index contributed by atoms with van der Waals surface area (Å²) in [6, 6.07) is 6.43. The molecule has 2 unspecified atom stereocenters. The summed E-state index contributed by atoms with van der Waals surface area (Å²) in [5, 5.41) is 9.20. The van der Waals surface area contributed by atoms with Crippen molar-refractivity contribution in [3.05, 3.63) is 29.3 Å². The minimum atomic E-state index is -0.684. The number of carboxylic acid groups (broad SMARTS) is 1. The van der Waals surface area contributed by atoms with Gasteiger partial charge in [-0.05, 0) is 37.8 Å². The number of benzene rings is 1. The fourth-order valence-electron chi connectivity index (χ4n) is 3.07. The van der Waals surface area contributed by atoms with Crippen LogP contribution in [0.4, 0.5) is 5.69 Å². The first-order valence-electron chi connectivity index (χ1n) is 5.77. The highest BCUT2D eigenvalue weighted by Gasteiger charge is 2.42. The van der Waals surface area contributed by atoms with Gasteiger partial charge in [0.05, 0.1) is 0 Å². The number of anilines is 1. The summed E-state index contributed by atoms with van der Waals surface area (Å²) in [5.74, 6) is -0.684. The second-order valence-electron chi connectivity index (χ2n) is 4.83. The van der Waals surface area contributed by atoms with Crippen LogP contribution in [-0.2, 0) is 11.2 Å². The van der Waals surface area contributed by atoms with Gasteiger partial charge in [-0.3, -0.25) is 0 Å². The molecule has 3 heteroatoms. The summed E-state index contributed by atoms with van der Waals surface area (Å²) >= 11 is 0. The molecule has 1 aromatic carbocycles. The van der Waals surface area contributed by atoms with E-state index < -0.39 is 5.97 Å². The smallest absolute Gasteiger partial charge is 0.326 e. The Morgan fingerprint density at radius 2 is 2.25 bits per heavy atom. The third-order valence-electron chi connectivity index (χ3n) is 3.76. The Bertz CT molecular complexity index is 455. The zero-order valence-corrected chi connectivity index (χ0v) is 9.31. The van der Waals surface area contributed by atoms with Crippen molar-refractivity contribution in [2.75, 3.05) is 4.90 Å². The van der Waals surface area contributed by atoms with E-state index in [4.69, 9.17) is 0 Å². The number of aryl methyl sites for hydroxylation is 1. The lowest BCUT2D eigenvalue weighted by Crippen LogP contribution is -2.38. The van der Waals surface area contributed by atoms with E-state index in [9.17, 15) is 9.90 Å². The Morgan fingerprint density at radius 3 is 3.00 bits per heavy atom. The van der Waals surface area contributed by atoms with Crippen molar-refractivity contribution in [1.82, 2.24) is 0 Å². The van der Waals surface area contributed by atoms with Crippen LogP contribution < -0.4 is 4.90 Å². The first-order valence-corrected chi connectivity index (χ1v) is 5.77. The number of nitrogens with zero attached hydrogens (tertiary/aromatic N) is 1. The highest BCUT2D eigenvalue weighted by atomic mass is 16.4. The molecule has 1 aromatic rings. The van der Waals surface area contributed by atoms with Crippen molar-refractivity contribution in [2.45, 2.75) is 38.3 Å². The van der Waals surface area contributed by atoms with Crippen LogP contribution in [0.25, 0.3) is 0 Å². The fraction of sp³-hybridized carbons (Fsp3) is 0.462. The van der Waals surface area contributed by atoms with E-state index >= 15 is 0 Å². The van der Waals surface area contributed by atoms with Gasteiger partial charge >= 0.3 is 5.97 Å². The number of hydrogen-bond donors (Lipinski definition) is 1. The predicted molar refractivity (Wildman–Crippen MR) is 61.8 cm³/mol. The van der Waals surface area contributed by atoms with Gasteiger partial charge in [-0.1, -0.05) is 17.7 Å². The molecule has 0 aromatic heterocycles. The lowest BCUT2D eigenvalue weighted by Gasteiger charge is -2.24. The lowest BCUT2D eigenvalue weighted by atomic mass is 10.0. The van der Waals surface area contributed by atoms with Crippen LogP contribution in [0.3, 0.4) is 0 Å². The Kier molecular flexibility index (Phi) is 1.96. The second kappa shape index (κ2) is 3.24. The van der Waals surface area contributed by atoms with Gasteiger partial charge in [0.15, 0.2) is 0 Å². The molecule has 1 fully saturated rings. The monoisotopic (exact) mass is 217 g/mol. The molecule has 0 amide bonds. The van der Waals surface area contributed by atoms with Gasteiger partial charge in [0.1, 0.15) is 6.04 Å². The number of fused-ring (bicyclic) bond motifs is 3. The van der Waals surface area contributed by atoms with Gasteiger partial charge in [-0.15, -0.1) is 0 Å². The molecule has 0 saturated carbocycles. The fourth-order valence-corrected chi connectivity index (χ4v) is 3.07. The largest absolute Gasteiger partial charge is 0.480 e. The molecular formula is C13H15NO2. The summed E-state index contributed by atoms with van der Waals surface area (Å²) < 4.78 is 0. The molecule has 1 N–H and O–H groups in total. The summed E-state index contributed by atoms with van der Waals surface area (Å²) in [6.45, 7) is 2.08. The number of rotatable bonds is 1. The van der Waals surface area contributed by atoms with Crippen LogP contribution in [0.2, 0.25) is 0 Å². The molecule has 16 heavy (non-hydrogen) atoms. The van der Waals surface area contributed by atoms with Gasteiger partial charge in [0.25, 0.3) is 0 Å². The maximum atomic E-state index is 11.2. The van der Waals surface area contributed by atoms with Crippen LogP contribution in [0.15, 0.2) is 18.2 Å². The summed E-state index contributed by atoms with van der Waals surface area (Å²) in [4.78, 5) is 13.3. The SMILES string of the molecule is Cc1ccc2c(c1)CC1CCC(C(=O)O)N21. The molecule has 1 saturated heterocycles. The van der Waals surface area contributed by atoms with Crippen LogP contribution in [0.5, 0.6) is 0 Å². The molecule has 2 atom stereocenters. The van der Waals surface area contributed by atoms with Gasteiger partial charge in [-0.25, -0.2) is 4.79 Å². The summed E-state index contributed by atoms with van der Waals surface area (Å²) in [5.41, 5.74) is 3.71. The Labute approximate surface area is 94.7 Å². The molecule has 0 aliphatic carbocycles. The molecule has 2 aliphatic rings. The minimum Gasteiger partial charge on any atom is -0.480 e. The summed E-state index contributed by atoms with van der Waals surface area (Å²) in [6.07, 6.45) is 2.80. The van der Waals surface area contributed by atoms with E-state index in [0.29, 0.717) is 6.04 Å². The van der Waals surface area contributed by atoms with E-state index in [1.54, 1.807) is 0 Å². The van der Waals surface area contributed by atoms with Crippen molar-refractivity contribution in [3.8, 4) is 0 Å². The third-order valence-corrected chi connectivity index (χ3v) is 3.76. The molecule has 0 bridgehead atoms. The van der Waals surface area contributed by atoms with Crippen molar-refractivity contribution in [1.29, 1.82) is 0 Å². The average Bonchev–Trinajstić information content (AvgIpc) is 2.74. The number of hydrogen-bond acceptors (Lipinski definition) is 2. The van der Waals surface area contributed by atoms with Crippen molar-refractivity contribution in [3.63, 3.8) is 0 Å². The molecule has 0 spiro atoms. The van der Waals surface area contributed by atoms with Crippen molar-refractivity contribution in [2.24, 2.45) is 0 Å². The zero-order valence-electron chi connectivity index (χ0n) is 9.31. The Hall–Kier alpha value is -1.51. The first kappa shape index (κ1) is 9.70. The molecule has 3 nitrogen and oxygen atoms in total. The highest BCUT2D eigenvalue weighted by molar-refractivity contribution is 5.81. The van der Waals surface area contributed by atoms with Crippen molar-refractivity contribution >= 4 is 11.7 Å². The average molecular weight is 217 g/mol. The minimum absolute atomic E-state index is 0.311. The highest BCUT2D eigenvalue weighted by Crippen LogP contribution is 2.41. The topological polar surface area (TPSA) is 40.5 Å². The molecular weight excluding hydrogens is 202 g/mol. The summed E-state index contributed by atoms with van der Waals surface area (Å²) in [7, 11) is 0. The lowest BCUT2D eigenvalue weighted by molar-refractivity contribution is -0.138. The number of carbonyl (C=O) groups is 1. The molecule has 0 radical (unpaired) electrons. The molecule has 84 valence electrons. The Morgan fingerprint density at radius 1 is 1.44 bits per heavy atom. The number of aliphatic carboxylic acids is 1. The standard InChI is InChI=1S/C13H15NO2/c1-8-2-4-11-9(6-8)7-10-3-5-12(13(15)16)14(10)11/h2,4,6,10,12H,3,5,7H2,1H3,(H,15,16). The van der Waals surface area contributed by atoms with E-state index in [-0.39, 0.29) is 6.04 Å². The third kappa shape index (κ3) is 1.24. The number of carboxylic acids is 1. The van der Waals surface area contributed by atoms with E-state index in [2.05, 4.69) is 30.0 Å². The van der Waals surface area contributed by atoms with E-state index in [1.807, 2.05) is 0 Å². The maximum Gasteiger partial charge on any atom is 0.326 e. The first-order chi connectivity index (χ1) is 7.66. The van der Waals surface area contributed by atoms with Gasteiger partial charge < -0.3 is 10.0 Å². The molecule has 2 aliphatic heterocycles. The zero-order chi connectivity index (χ0) is 11.3. The van der Waals surface area contributed by atoms with E-state index in [1.165, 1.54) is 11.1 Å². The van der Waals surface area contributed by atoms with Gasteiger partial charge in [-0.2, -0.15) is 0 Å².